The van der Waals surface area contributed by atoms with E-state index in [-0.39, 0.29) is 16.7 Å². The van der Waals surface area contributed by atoms with Crippen LogP contribution in [0.15, 0.2) is 18.2 Å². The summed E-state index contributed by atoms with van der Waals surface area (Å²) in [6.07, 6.45) is -1.96. The number of aromatic carboxylic acids is 1. The summed E-state index contributed by atoms with van der Waals surface area (Å²) in [6.45, 7) is 3.88. The predicted molar refractivity (Wildman–Crippen MR) is 83.0 cm³/mol. The minimum Gasteiger partial charge on any atom is -0.545 e. The van der Waals surface area contributed by atoms with Crippen molar-refractivity contribution in [3.05, 3.63) is 29.3 Å². The Balaban J connectivity index is 2.04. The molecule has 7 heteroatoms. The molecule has 3 rings (SSSR count). The highest BCUT2D eigenvalue weighted by Crippen LogP contribution is 2.56. The molecule has 132 valence electrons. The number of hydrogen-bond donors (Lipinski definition) is 0. The van der Waals surface area contributed by atoms with Crippen LogP contribution in [0.2, 0.25) is 0 Å². The molecule has 3 atom stereocenters. The van der Waals surface area contributed by atoms with Crippen molar-refractivity contribution in [1.82, 2.24) is 0 Å². The predicted octanol–water partition coefficient (Wildman–Crippen LogP) is 3.51. The maximum atomic E-state index is 13.3. The van der Waals surface area contributed by atoms with Crippen LogP contribution in [0.5, 0.6) is 5.75 Å². The Hall–Kier alpha value is -1.37. The zero-order chi connectivity index (χ0) is 17.7. The molecule has 0 spiro atoms. The summed E-state index contributed by atoms with van der Waals surface area (Å²) in [5, 5.41) is 11.6. The van der Waals surface area contributed by atoms with Crippen LogP contribution in [-0.4, -0.2) is 22.1 Å². The number of carbonyl (C=O) groups is 1. The number of rotatable bonds is 4. The number of benzene rings is 1. The van der Waals surface area contributed by atoms with Crippen molar-refractivity contribution in [2.75, 3.05) is 0 Å². The summed E-state index contributed by atoms with van der Waals surface area (Å²) in [5.41, 5.74) is -1.95. The fourth-order valence-corrected chi connectivity index (χ4v) is 5.72. The summed E-state index contributed by atoms with van der Waals surface area (Å²) >= 11 is 1.77. The van der Waals surface area contributed by atoms with Crippen molar-refractivity contribution >= 4 is 17.7 Å². The number of hydrogen-bond acceptors (Lipinski definition) is 4. The van der Waals surface area contributed by atoms with Crippen LogP contribution >= 0.6 is 11.8 Å². The summed E-state index contributed by atoms with van der Waals surface area (Å²) in [6, 6.07) is 2.61. The smallest absolute Gasteiger partial charge is 0.419 e. The molecule has 2 bridgehead atoms. The largest absolute Gasteiger partial charge is 0.545 e. The minimum absolute atomic E-state index is 0.0213. The van der Waals surface area contributed by atoms with E-state index in [0.717, 1.165) is 31.0 Å². The second-order valence-corrected chi connectivity index (χ2v) is 8.24. The quantitative estimate of drug-likeness (QED) is 0.825. The summed E-state index contributed by atoms with van der Waals surface area (Å²) in [5.74, 6) is -1.91. The van der Waals surface area contributed by atoms with Gasteiger partial charge < -0.3 is 14.6 Å². The molecule has 0 N–H and O–H groups in total. The van der Waals surface area contributed by atoms with E-state index in [0.29, 0.717) is 11.7 Å². The number of carboxylic acids is 1. The molecule has 24 heavy (non-hydrogen) atoms. The SMILES string of the molecule is CC(C)C1(Oc2cc(C(=O)[O-])ccc2C(F)(F)F)CC2CCC1S2. The van der Waals surface area contributed by atoms with Gasteiger partial charge >= 0.3 is 6.18 Å². The summed E-state index contributed by atoms with van der Waals surface area (Å²) < 4.78 is 45.9. The Labute approximate surface area is 142 Å². The molecule has 2 aliphatic rings. The van der Waals surface area contributed by atoms with Crippen LogP contribution in [0.25, 0.3) is 0 Å². The van der Waals surface area contributed by atoms with Crippen LogP contribution in [-0.2, 0) is 6.18 Å². The lowest BCUT2D eigenvalue weighted by molar-refractivity contribution is -0.255. The fourth-order valence-electron chi connectivity index (χ4n) is 3.71. The average Bonchev–Trinajstić information content (AvgIpc) is 3.07. The standard InChI is InChI=1S/C17H19F3O3S/c1-9(2)16(8-11-4-6-14(16)24-11)23-13-7-10(15(21)22)3-5-12(13)17(18,19)20/h3,5,7,9,11,14H,4,6,8H2,1-2H3,(H,21,22)/p-1. The third kappa shape index (κ3) is 2.87. The van der Waals surface area contributed by atoms with Crippen LogP contribution in [0.3, 0.4) is 0 Å². The number of alkyl halides is 3. The molecule has 2 saturated heterocycles. The van der Waals surface area contributed by atoms with Gasteiger partial charge in [-0.1, -0.05) is 19.9 Å². The van der Waals surface area contributed by atoms with Crippen LogP contribution < -0.4 is 9.84 Å². The second-order valence-electron chi connectivity index (χ2n) is 6.74. The fraction of sp³-hybridized carbons (Fsp3) is 0.588. The van der Waals surface area contributed by atoms with Crippen LogP contribution in [0.1, 0.15) is 49.0 Å². The van der Waals surface area contributed by atoms with Gasteiger partial charge in [-0.15, -0.1) is 0 Å². The van der Waals surface area contributed by atoms with E-state index in [2.05, 4.69) is 0 Å². The zero-order valence-electron chi connectivity index (χ0n) is 13.4. The molecule has 0 aliphatic carbocycles. The molecular weight excluding hydrogens is 341 g/mol. The van der Waals surface area contributed by atoms with E-state index in [1.54, 1.807) is 11.8 Å². The van der Waals surface area contributed by atoms with E-state index >= 15 is 0 Å². The third-order valence-corrected chi connectivity index (χ3v) is 6.75. The number of halogens is 3. The van der Waals surface area contributed by atoms with Gasteiger partial charge in [0.25, 0.3) is 0 Å². The Bertz CT molecular complexity index is 659. The molecule has 3 unspecified atom stereocenters. The lowest BCUT2D eigenvalue weighted by atomic mass is 9.77. The van der Waals surface area contributed by atoms with E-state index in [1.807, 2.05) is 13.8 Å². The van der Waals surface area contributed by atoms with Crippen molar-refractivity contribution in [1.29, 1.82) is 0 Å². The van der Waals surface area contributed by atoms with Crippen LogP contribution in [0.4, 0.5) is 13.2 Å². The van der Waals surface area contributed by atoms with Gasteiger partial charge in [-0.05, 0) is 30.9 Å². The van der Waals surface area contributed by atoms with E-state index < -0.39 is 29.1 Å². The first-order valence-electron chi connectivity index (χ1n) is 7.90. The third-order valence-electron chi connectivity index (χ3n) is 5.00. The zero-order valence-corrected chi connectivity index (χ0v) is 14.2. The highest BCUT2D eigenvalue weighted by Gasteiger charge is 2.56. The molecule has 3 nitrogen and oxygen atoms in total. The molecule has 2 heterocycles. The molecule has 0 saturated carbocycles. The molecule has 1 aromatic carbocycles. The van der Waals surface area contributed by atoms with Gasteiger partial charge in [-0.25, -0.2) is 0 Å². The van der Waals surface area contributed by atoms with Gasteiger partial charge in [0, 0.05) is 22.5 Å². The molecule has 0 aromatic heterocycles. The molecule has 1 aromatic rings. The Morgan fingerprint density at radius 2 is 2.08 bits per heavy atom. The number of ether oxygens (including phenoxy) is 1. The van der Waals surface area contributed by atoms with Crippen molar-refractivity contribution in [2.45, 2.75) is 55.4 Å². The number of carbonyl (C=O) groups excluding carboxylic acids is 1. The first-order valence-corrected chi connectivity index (χ1v) is 8.85. The average molecular weight is 359 g/mol. The normalized spacial score (nSPS) is 29.2. The molecule has 0 radical (unpaired) electrons. The van der Waals surface area contributed by atoms with Gasteiger partial charge in [0.15, 0.2) is 0 Å². The highest BCUT2D eigenvalue weighted by molar-refractivity contribution is 8.01. The number of carboxylic acid groups (broad SMARTS) is 1. The Morgan fingerprint density at radius 1 is 1.38 bits per heavy atom. The number of fused-ring (bicyclic) bond motifs is 2. The monoisotopic (exact) mass is 359 g/mol. The van der Waals surface area contributed by atoms with Crippen LogP contribution in [0, 0.1) is 5.92 Å². The van der Waals surface area contributed by atoms with Crippen molar-refractivity contribution < 1.29 is 27.8 Å². The summed E-state index contributed by atoms with van der Waals surface area (Å²) in [7, 11) is 0. The minimum atomic E-state index is -4.61. The molecule has 0 amide bonds. The Kier molecular flexibility index (Phi) is 4.26. The van der Waals surface area contributed by atoms with E-state index in [4.69, 9.17) is 4.74 Å². The molecule has 2 fully saturated rings. The van der Waals surface area contributed by atoms with Gasteiger partial charge in [0.1, 0.15) is 11.4 Å². The summed E-state index contributed by atoms with van der Waals surface area (Å²) in [4.78, 5) is 11.0. The van der Waals surface area contributed by atoms with Gasteiger partial charge in [0.05, 0.1) is 11.5 Å². The second kappa shape index (κ2) is 5.86. The van der Waals surface area contributed by atoms with E-state index in [9.17, 15) is 23.1 Å². The van der Waals surface area contributed by atoms with E-state index in [1.165, 1.54) is 0 Å². The van der Waals surface area contributed by atoms with Gasteiger partial charge in [0.2, 0.25) is 0 Å². The lowest BCUT2D eigenvalue weighted by Gasteiger charge is -2.41. The first-order chi connectivity index (χ1) is 11.1. The van der Waals surface area contributed by atoms with Gasteiger partial charge in [-0.3, -0.25) is 0 Å². The lowest BCUT2D eigenvalue weighted by Crippen LogP contribution is -2.49. The van der Waals surface area contributed by atoms with Gasteiger partial charge in [-0.2, -0.15) is 24.9 Å². The maximum absolute atomic E-state index is 13.3. The molecular formula is C17H18F3O3S-. The van der Waals surface area contributed by atoms with Crippen molar-refractivity contribution in [3.8, 4) is 5.75 Å². The van der Waals surface area contributed by atoms with Crippen molar-refractivity contribution in [3.63, 3.8) is 0 Å². The highest BCUT2D eigenvalue weighted by atomic mass is 32.2. The topological polar surface area (TPSA) is 49.4 Å². The Morgan fingerprint density at radius 3 is 2.54 bits per heavy atom. The first kappa shape index (κ1) is 17.5. The number of thioether (sulfide) groups is 1. The van der Waals surface area contributed by atoms with Crippen molar-refractivity contribution in [2.24, 2.45) is 5.92 Å². The molecule has 2 aliphatic heterocycles. The maximum Gasteiger partial charge on any atom is 0.419 e.